The summed E-state index contributed by atoms with van der Waals surface area (Å²) in [6.07, 6.45) is 3.19. The van der Waals surface area contributed by atoms with E-state index < -0.39 is 0 Å². The maximum atomic E-state index is 11.1. The lowest BCUT2D eigenvalue weighted by Gasteiger charge is -2.19. The molecule has 0 saturated heterocycles. The van der Waals surface area contributed by atoms with Crippen LogP contribution in [-0.4, -0.2) is 24.1 Å². The number of hydrogen-bond donors (Lipinski definition) is 0. The molecule has 0 N–H and O–H groups in total. The number of ether oxygens (including phenoxy) is 2. The Hall–Kier alpha value is -1.04. The van der Waals surface area contributed by atoms with Crippen LogP contribution in [0, 0.1) is 0 Å². The fraction of sp³-hybridized carbons (Fsp3) is 0.357. The average Bonchev–Trinajstić information content (AvgIpc) is 2.74. The maximum absolute atomic E-state index is 11.1. The van der Waals surface area contributed by atoms with Gasteiger partial charge in [0.2, 0.25) is 0 Å². The monoisotopic (exact) mass is 358 g/mol. The fourth-order valence-electron chi connectivity index (χ4n) is 1.91. The number of benzene rings is 1. The highest BCUT2D eigenvalue weighted by molar-refractivity contribution is 14.1. The minimum Gasteiger partial charge on any atom is -0.492 e. The van der Waals surface area contributed by atoms with Crippen molar-refractivity contribution in [2.24, 2.45) is 0 Å². The molecule has 0 aromatic heterocycles. The Balaban J connectivity index is 2.30. The van der Waals surface area contributed by atoms with Crippen molar-refractivity contribution in [2.75, 3.05) is 18.1 Å². The number of methoxy groups -OCH3 is 1. The molecule has 96 valence electrons. The number of hydrogen-bond acceptors (Lipinski definition) is 3. The van der Waals surface area contributed by atoms with Crippen LogP contribution in [0.2, 0.25) is 0 Å². The molecule has 1 atom stereocenters. The van der Waals surface area contributed by atoms with Crippen LogP contribution < -0.4 is 4.74 Å². The summed E-state index contributed by atoms with van der Waals surface area (Å²) in [5.74, 6) is 0.604. The highest BCUT2D eigenvalue weighted by Gasteiger charge is 2.35. The van der Waals surface area contributed by atoms with Crippen LogP contribution in [-0.2, 0) is 14.9 Å². The summed E-state index contributed by atoms with van der Waals surface area (Å²) in [6, 6.07) is 5.99. The summed E-state index contributed by atoms with van der Waals surface area (Å²) in [7, 11) is 1.37. The molecular formula is C14H15IO3. The molecule has 1 aromatic carbocycles. The number of fused-ring (bicyclic) bond motifs is 1. The Bertz CT molecular complexity index is 496. The lowest BCUT2D eigenvalue weighted by Crippen LogP contribution is -2.25. The van der Waals surface area contributed by atoms with Crippen molar-refractivity contribution in [3.63, 3.8) is 0 Å². The van der Waals surface area contributed by atoms with E-state index in [2.05, 4.69) is 40.3 Å². The molecule has 0 spiro atoms. The van der Waals surface area contributed by atoms with E-state index in [9.17, 15) is 4.79 Å². The predicted molar refractivity (Wildman–Crippen MR) is 79.2 cm³/mol. The normalized spacial score (nSPS) is 21.7. The number of alkyl halides is 1. The molecule has 0 amide bonds. The van der Waals surface area contributed by atoms with Crippen molar-refractivity contribution in [1.82, 2.24) is 0 Å². The summed E-state index contributed by atoms with van der Waals surface area (Å²) >= 11 is 2.38. The molecular weight excluding hydrogens is 343 g/mol. The summed E-state index contributed by atoms with van der Waals surface area (Å²) in [4.78, 5) is 11.1. The Kier molecular flexibility index (Phi) is 3.94. The Morgan fingerprint density at radius 3 is 3.06 bits per heavy atom. The number of carbonyl (C=O) groups is 1. The van der Waals surface area contributed by atoms with Gasteiger partial charge in [0.1, 0.15) is 5.75 Å². The standard InChI is InChI=1S/C14H15IO3/c1-14(8-15)9-18-12-5-3-10(7-11(12)14)4-6-13(16)17-2/h3-7H,8-9H2,1-2H3/b6-4+. The van der Waals surface area contributed by atoms with Crippen LogP contribution >= 0.6 is 22.6 Å². The van der Waals surface area contributed by atoms with Gasteiger partial charge in [0.05, 0.1) is 13.7 Å². The number of esters is 1. The molecule has 0 fully saturated rings. The summed E-state index contributed by atoms with van der Waals surface area (Å²) in [5, 5.41) is 0. The molecule has 1 aliphatic rings. The third-order valence-corrected chi connectivity index (χ3v) is 4.79. The van der Waals surface area contributed by atoms with Crippen LogP contribution in [0.5, 0.6) is 5.75 Å². The van der Waals surface area contributed by atoms with Gasteiger partial charge in [0.15, 0.2) is 0 Å². The molecule has 1 unspecified atom stereocenters. The van der Waals surface area contributed by atoms with E-state index in [0.717, 1.165) is 22.3 Å². The van der Waals surface area contributed by atoms with E-state index >= 15 is 0 Å². The van der Waals surface area contributed by atoms with Gasteiger partial charge in [-0.15, -0.1) is 0 Å². The van der Waals surface area contributed by atoms with E-state index in [0.29, 0.717) is 0 Å². The Morgan fingerprint density at radius 2 is 2.39 bits per heavy atom. The quantitative estimate of drug-likeness (QED) is 0.361. The van der Waals surface area contributed by atoms with Gasteiger partial charge in [-0.2, -0.15) is 0 Å². The van der Waals surface area contributed by atoms with Crippen molar-refractivity contribution < 1.29 is 14.3 Å². The second-order valence-corrected chi connectivity index (χ2v) is 5.36. The second kappa shape index (κ2) is 5.30. The van der Waals surface area contributed by atoms with Gasteiger partial charge < -0.3 is 9.47 Å². The van der Waals surface area contributed by atoms with Crippen molar-refractivity contribution in [2.45, 2.75) is 12.3 Å². The molecule has 0 bridgehead atoms. The van der Waals surface area contributed by atoms with E-state index in [1.165, 1.54) is 18.7 Å². The largest absolute Gasteiger partial charge is 0.492 e. The van der Waals surface area contributed by atoms with Gasteiger partial charge >= 0.3 is 5.97 Å². The minimum atomic E-state index is -0.344. The molecule has 4 heteroatoms. The first-order chi connectivity index (χ1) is 8.59. The van der Waals surface area contributed by atoms with Crippen LogP contribution in [0.4, 0.5) is 0 Å². The third kappa shape index (κ3) is 2.53. The topological polar surface area (TPSA) is 35.5 Å². The van der Waals surface area contributed by atoms with Crippen LogP contribution in [0.1, 0.15) is 18.1 Å². The third-order valence-electron chi connectivity index (χ3n) is 3.11. The minimum absolute atomic E-state index is 0.0605. The molecule has 1 heterocycles. The second-order valence-electron chi connectivity index (χ2n) is 4.60. The zero-order valence-corrected chi connectivity index (χ0v) is 12.6. The lowest BCUT2D eigenvalue weighted by atomic mass is 9.86. The first-order valence-corrected chi connectivity index (χ1v) is 7.21. The molecule has 1 aliphatic heterocycles. The predicted octanol–water partition coefficient (Wildman–Crippen LogP) is 2.96. The van der Waals surface area contributed by atoms with E-state index in [1.54, 1.807) is 6.08 Å². The number of carbonyl (C=O) groups excluding carboxylic acids is 1. The number of rotatable bonds is 3. The molecule has 1 aromatic rings. The van der Waals surface area contributed by atoms with Gasteiger partial charge in [0, 0.05) is 21.5 Å². The molecule has 0 aliphatic carbocycles. The molecule has 18 heavy (non-hydrogen) atoms. The maximum Gasteiger partial charge on any atom is 0.330 e. The van der Waals surface area contributed by atoms with Crippen molar-refractivity contribution >= 4 is 34.6 Å². The number of halogens is 1. The van der Waals surface area contributed by atoms with Crippen molar-refractivity contribution in [3.8, 4) is 5.75 Å². The summed E-state index contributed by atoms with van der Waals surface area (Å²) in [6.45, 7) is 2.91. The lowest BCUT2D eigenvalue weighted by molar-refractivity contribution is -0.134. The zero-order chi connectivity index (χ0) is 13.2. The smallest absolute Gasteiger partial charge is 0.330 e. The van der Waals surface area contributed by atoms with Crippen molar-refractivity contribution in [1.29, 1.82) is 0 Å². The van der Waals surface area contributed by atoms with Crippen LogP contribution in [0.15, 0.2) is 24.3 Å². The molecule has 2 rings (SSSR count). The SMILES string of the molecule is COC(=O)/C=C/c1ccc2c(c1)C(C)(CI)CO2. The Labute approximate surface area is 120 Å². The van der Waals surface area contributed by atoms with Crippen molar-refractivity contribution in [3.05, 3.63) is 35.4 Å². The summed E-state index contributed by atoms with van der Waals surface area (Å²) in [5.41, 5.74) is 2.26. The highest BCUT2D eigenvalue weighted by Crippen LogP contribution is 2.40. The van der Waals surface area contributed by atoms with Gasteiger partial charge in [-0.1, -0.05) is 35.6 Å². The Morgan fingerprint density at radius 1 is 1.61 bits per heavy atom. The van der Waals surface area contributed by atoms with E-state index in [-0.39, 0.29) is 11.4 Å². The molecule has 3 nitrogen and oxygen atoms in total. The summed E-state index contributed by atoms with van der Waals surface area (Å²) < 4.78 is 11.3. The van der Waals surface area contributed by atoms with Gasteiger partial charge in [-0.05, 0) is 23.8 Å². The van der Waals surface area contributed by atoms with Gasteiger partial charge in [-0.3, -0.25) is 0 Å². The van der Waals surface area contributed by atoms with E-state index in [4.69, 9.17) is 4.74 Å². The molecule has 0 saturated carbocycles. The first-order valence-electron chi connectivity index (χ1n) is 5.68. The van der Waals surface area contributed by atoms with Crippen LogP contribution in [0.3, 0.4) is 0 Å². The van der Waals surface area contributed by atoms with Gasteiger partial charge in [-0.25, -0.2) is 4.79 Å². The average molecular weight is 358 g/mol. The zero-order valence-electron chi connectivity index (χ0n) is 10.4. The fourth-order valence-corrected chi connectivity index (χ4v) is 2.54. The highest BCUT2D eigenvalue weighted by atomic mass is 127. The molecule has 0 radical (unpaired) electrons. The first kappa shape index (κ1) is 13.4. The van der Waals surface area contributed by atoms with E-state index in [1.807, 2.05) is 12.1 Å². The van der Waals surface area contributed by atoms with Crippen LogP contribution in [0.25, 0.3) is 6.08 Å². The van der Waals surface area contributed by atoms with Gasteiger partial charge in [0.25, 0.3) is 0 Å².